The number of amides is 3. The summed E-state index contributed by atoms with van der Waals surface area (Å²) < 4.78 is 5.74. The van der Waals surface area contributed by atoms with Crippen LogP contribution in [0.4, 0.5) is 5.69 Å². The van der Waals surface area contributed by atoms with Crippen molar-refractivity contribution < 1.29 is 19.1 Å². The molecule has 1 aromatic carbocycles. The number of carbonyl (C=O) groups excluding carboxylic acids is 3. The molecule has 0 saturated carbocycles. The molecule has 0 aliphatic carbocycles. The predicted octanol–water partition coefficient (Wildman–Crippen LogP) is 2.16. The van der Waals surface area contributed by atoms with E-state index in [4.69, 9.17) is 16.3 Å². The number of fused-ring (bicyclic) bond motifs is 1. The lowest BCUT2D eigenvalue weighted by atomic mass is 10.1. The van der Waals surface area contributed by atoms with Gasteiger partial charge in [-0.25, -0.2) is 0 Å². The molecule has 8 heteroatoms. The molecule has 146 valence electrons. The molecule has 2 N–H and O–H groups in total. The zero-order valence-electron chi connectivity index (χ0n) is 15.4. The lowest BCUT2D eigenvalue weighted by Crippen LogP contribution is -2.61. The van der Waals surface area contributed by atoms with Gasteiger partial charge in [-0.05, 0) is 43.5 Å². The van der Waals surface area contributed by atoms with Crippen LogP contribution < -0.4 is 10.6 Å². The molecule has 1 aromatic rings. The van der Waals surface area contributed by atoms with Gasteiger partial charge in [-0.1, -0.05) is 25.4 Å². The third kappa shape index (κ3) is 4.25. The Labute approximate surface area is 163 Å². The second-order valence-electron chi connectivity index (χ2n) is 6.99. The molecule has 2 heterocycles. The van der Waals surface area contributed by atoms with Gasteiger partial charge in [0.1, 0.15) is 18.3 Å². The van der Waals surface area contributed by atoms with E-state index in [0.717, 1.165) is 0 Å². The fourth-order valence-corrected chi connectivity index (χ4v) is 3.44. The maximum absolute atomic E-state index is 12.9. The van der Waals surface area contributed by atoms with Crippen molar-refractivity contribution in [1.82, 2.24) is 10.2 Å². The van der Waals surface area contributed by atoms with E-state index >= 15 is 0 Å². The van der Waals surface area contributed by atoms with Gasteiger partial charge < -0.3 is 20.3 Å². The number of carbonyl (C=O) groups is 3. The van der Waals surface area contributed by atoms with E-state index in [1.807, 2.05) is 13.8 Å². The van der Waals surface area contributed by atoms with E-state index in [-0.39, 0.29) is 30.2 Å². The van der Waals surface area contributed by atoms with E-state index in [1.54, 1.807) is 24.3 Å². The minimum atomic E-state index is -0.758. The van der Waals surface area contributed by atoms with Gasteiger partial charge in [-0.2, -0.15) is 0 Å². The number of rotatable bonds is 5. The van der Waals surface area contributed by atoms with Gasteiger partial charge in [-0.3, -0.25) is 14.4 Å². The van der Waals surface area contributed by atoms with Crippen molar-refractivity contribution in [3.05, 3.63) is 29.3 Å². The summed E-state index contributed by atoms with van der Waals surface area (Å²) in [7, 11) is 0. The number of nitrogens with one attached hydrogen (secondary N) is 2. The van der Waals surface area contributed by atoms with Gasteiger partial charge >= 0.3 is 0 Å². The number of hydrogen-bond donors (Lipinski definition) is 2. The Kier molecular flexibility index (Phi) is 6.01. The normalized spacial score (nSPS) is 25.7. The highest BCUT2D eigenvalue weighted by atomic mass is 35.5. The second kappa shape index (κ2) is 8.27. The molecular formula is C19H24ClN3O4. The average Bonchev–Trinajstić information content (AvgIpc) is 3.10. The van der Waals surface area contributed by atoms with Gasteiger partial charge in [0.2, 0.25) is 17.7 Å². The van der Waals surface area contributed by atoms with Crippen LogP contribution in [0.2, 0.25) is 5.02 Å². The zero-order valence-corrected chi connectivity index (χ0v) is 16.2. The smallest absolute Gasteiger partial charge is 0.250 e. The lowest BCUT2D eigenvalue weighted by Gasteiger charge is -2.37. The highest BCUT2D eigenvalue weighted by Crippen LogP contribution is 2.30. The Morgan fingerprint density at radius 3 is 2.67 bits per heavy atom. The van der Waals surface area contributed by atoms with Crippen molar-refractivity contribution >= 4 is 35.0 Å². The lowest BCUT2D eigenvalue weighted by molar-refractivity contribution is -0.166. The topological polar surface area (TPSA) is 87.7 Å². The Hall–Kier alpha value is -2.12. The van der Waals surface area contributed by atoms with Gasteiger partial charge in [-0.15, -0.1) is 0 Å². The maximum atomic E-state index is 12.9. The minimum Gasteiger partial charge on any atom is -0.356 e. The molecular weight excluding hydrogens is 370 g/mol. The second-order valence-corrected chi connectivity index (χ2v) is 7.43. The van der Waals surface area contributed by atoms with Crippen LogP contribution in [-0.2, 0) is 19.1 Å². The number of nitrogens with zero attached hydrogens (tertiary/aromatic N) is 1. The summed E-state index contributed by atoms with van der Waals surface area (Å²) in [6.45, 7) is 3.86. The highest BCUT2D eigenvalue weighted by molar-refractivity contribution is 6.30. The van der Waals surface area contributed by atoms with Crippen LogP contribution in [0.5, 0.6) is 0 Å². The number of halogens is 1. The highest BCUT2D eigenvalue weighted by Gasteiger charge is 2.47. The van der Waals surface area contributed by atoms with Crippen LogP contribution in [0, 0.1) is 5.92 Å². The number of ether oxygens (including phenoxy) is 1. The predicted molar refractivity (Wildman–Crippen MR) is 101 cm³/mol. The quantitative estimate of drug-likeness (QED) is 0.802. The van der Waals surface area contributed by atoms with Crippen LogP contribution in [0.3, 0.4) is 0 Å². The molecule has 2 aliphatic heterocycles. The number of anilines is 1. The third-order valence-corrected chi connectivity index (χ3v) is 5.38. The van der Waals surface area contributed by atoms with Gasteiger partial charge in [0.05, 0.1) is 6.61 Å². The van der Waals surface area contributed by atoms with E-state index in [9.17, 15) is 14.4 Å². The van der Waals surface area contributed by atoms with Gasteiger partial charge in [0, 0.05) is 16.6 Å². The van der Waals surface area contributed by atoms with E-state index in [0.29, 0.717) is 30.0 Å². The van der Waals surface area contributed by atoms with Crippen molar-refractivity contribution in [2.75, 3.05) is 11.9 Å². The summed E-state index contributed by atoms with van der Waals surface area (Å²) >= 11 is 5.86. The van der Waals surface area contributed by atoms with E-state index in [1.165, 1.54) is 4.90 Å². The first-order valence-corrected chi connectivity index (χ1v) is 9.59. The van der Waals surface area contributed by atoms with Crippen LogP contribution >= 0.6 is 11.6 Å². The van der Waals surface area contributed by atoms with E-state index in [2.05, 4.69) is 10.6 Å². The monoisotopic (exact) mass is 393 g/mol. The van der Waals surface area contributed by atoms with Crippen LogP contribution in [0.15, 0.2) is 24.3 Å². The van der Waals surface area contributed by atoms with Crippen molar-refractivity contribution in [3.63, 3.8) is 0 Å². The Morgan fingerprint density at radius 2 is 2.00 bits per heavy atom. The van der Waals surface area contributed by atoms with Crippen LogP contribution in [0.25, 0.3) is 0 Å². The molecule has 3 rings (SSSR count). The standard InChI is InChI=1S/C19H24ClN3O4/c1-3-11(2)17(24)22-14-10-27-16-9-8-15(23(16)19(14)26)18(25)21-13-6-4-12(20)5-7-13/h4-7,11,14-16H,3,8-10H2,1-2H3,(H,21,25)(H,22,24)/t11-,14+,15?,16+/m1/s1. The van der Waals surface area contributed by atoms with Crippen LogP contribution in [-0.4, -0.2) is 47.5 Å². The van der Waals surface area contributed by atoms with Gasteiger partial charge in [0.25, 0.3) is 0 Å². The largest absolute Gasteiger partial charge is 0.356 e. The summed E-state index contributed by atoms with van der Waals surface area (Å²) in [5.41, 5.74) is 0.611. The first kappa shape index (κ1) is 19.6. The first-order valence-electron chi connectivity index (χ1n) is 9.21. The fourth-order valence-electron chi connectivity index (χ4n) is 3.32. The molecule has 4 atom stereocenters. The molecule has 0 radical (unpaired) electrons. The molecule has 2 aliphatic rings. The summed E-state index contributed by atoms with van der Waals surface area (Å²) in [4.78, 5) is 39.2. The molecule has 2 fully saturated rings. The summed E-state index contributed by atoms with van der Waals surface area (Å²) in [6.07, 6.45) is 1.37. The zero-order chi connectivity index (χ0) is 19.6. The maximum Gasteiger partial charge on any atom is 0.250 e. The summed E-state index contributed by atoms with van der Waals surface area (Å²) in [5.74, 6) is -0.903. The summed E-state index contributed by atoms with van der Waals surface area (Å²) in [6, 6.07) is 5.40. The number of hydrogen-bond acceptors (Lipinski definition) is 4. The van der Waals surface area contributed by atoms with Crippen molar-refractivity contribution in [1.29, 1.82) is 0 Å². The molecule has 2 saturated heterocycles. The molecule has 3 amide bonds. The minimum absolute atomic E-state index is 0.133. The molecule has 0 bridgehead atoms. The molecule has 0 spiro atoms. The van der Waals surface area contributed by atoms with Gasteiger partial charge in [0.15, 0.2) is 0 Å². The average molecular weight is 394 g/mol. The van der Waals surface area contributed by atoms with Crippen LogP contribution in [0.1, 0.15) is 33.1 Å². The van der Waals surface area contributed by atoms with Crippen molar-refractivity contribution in [2.24, 2.45) is 5.92 Å². The SMILES string of the molecule is CC[C@@H](C)C(=O)N[C@H]1CO[C@H]2CCC(C(=O)Nc3ccc(Cl)cc3)N2C1=O. The first-order chi connectivity index (χ1) is 12.9. The summed E-state index contributed by atoms with van der Waals surface area (Å²) in [5, 5.41) is 6.14. The fraction of sp³-hybridized carbons (Fsp3) is 0.526. The van der Waals surface area contributed by atoms with Crippen molar-refractivity contribution in [3.8, 4) is 0 Å². The molecule has 27 heavy (non-hydrogen) atoms. The number of benzene rings is 1. The molecule has 7 nitrogen and oxygen atoms in total. The Bertz CT molecular complexity index is 724. The van der Waals surface area contributed by atoms with E-state index < -0.39 is 18.3 Å². The Morgan fingerprint density at radius 1 is 1.30 bits per heavy atom. The molecule has 0 aromatic heterocycles. The van der Waals surface area contributed by atoms with Crippen molar-refractivity contribution in [2.45, 2.75) is 51.4 Å². The molecule has 1 unspecified atom stereocenters. The Balaban J connectivity index is 1.68. The third-order valence-electron chi connectivity index (χ3n) is 5.13.